The average molecular weight is 298 g/mol. The molecule has 0 unspecified atom stereocenters. The van der Waals surface area contributed by atoms with Crippen LogP contribution >= 0.6 is 11.6 Å². The SMILES string of the molecule is CCc1nn(CC)c(CNCC2CCC(C)CC2)c1Cl. The quantitative estimate of drug-likeness (QED) is 0.859. The Kier molecular flexibility index (Phi) is 5.91. The molecule has 1 heterocycles. The maximum atomic E-state index is 6.43. The Labute approximate surface area is 128 Å². The highest BCUT2D eigenvalue weighted by molar-refractivity contribution is 6.31. The molecule has 1 aromatic rings. The largest absolute Gasteiger partial charge is 0.311 e. The number of hydrogen-bond acceptors (Lipinski definition) is 2. The molecule has 20 heavy (non-hydrogen) atoms. The lowest BCUT2D eigenvalue weighted by molar-refractivity contribution is 0.281. The van der Waals surface area contributed by atoms with Crippen molar-refractivity contribution in [1.82, 2.24) is 15.1 Å². The van der Waals surface area contributed by atoms with Crippen LogP contribution in [-0.2, 0) is 19.5 Å². The first kappa shape index (κ1) is 15.8. The van der Waals surface area contributed by atoms with Crippen molar-refractivity contribution in [2.24, 2.45) is 11.8 Å². The first-order chi connectivity index (χ1) is 9.65. The molecule has 0 aromatic carbocycles. The van der Waals surface area contributed by atoms with Crippen LogP contribution in [0, 0.1) is 11.8 Å². The summed E-state index contributed by atoms with van der Waals surface area (Å²) in [6.07, 6.45) is 6.42. The van der Waals surface area contributed by atoms with Crippen LogP contribution in [0.1, 0.15) is 57.8 Å². The van der Waals surface area contributed by atoms with Gasteiger partial charge in [0.25, 0.3) is 0 Å². The van der Waals surface area contributed by atoms with Gasteiger partial charge in [-0.2, -0.15) is 5.10 Å². The van der Waals surface area contributed by atoms with Crippen LogP contribution in [0.3, 0.4) is 0 Å². The predicted molar refractivity (Wildman–Crippen MR) is 85.1 cm³/mol. The first-order valence-electron chi connectivity index (χ1n) is 8.10. The monoisotopic (exact) mass is 297 g/mol. The highest BCUT2D eigenvalue weighted by atomic mass is 35.5. The van der Waals surface area contributed by atoms with Gasteiger partial charge < -0.3 is 5.32 Å². The predicted octanol–water partition coefficient (Wildman–Crippen LogP) is 4.03. The molecular weight excluding hydrogens is 270 g/mol. The van der Waals surface area contributed by atoms with Crippen molar-refractivity contribution in [2.45, 2.75) is 66.0 Å². The summed E-state index contributed by atoms with van der Waals surface area (Å²) in [5.41, 5.74) is 2.17. The Morgan fingerprint density at radius 1 is 1.25 bits per heavy atom. The van der Waals surface area contributed by atoms with E-state index >= 15 is 0 Å². The number of nitrogens with zero attached hydrogens (tertiary/aromatic N) is 2. The lowest BCUT2D eigenvalue weighted by atomic mass is 9.83. The summed E-state index contributed by atoms with van der Waals surface area (Å²) < 4.78 is 2.04. The minimum absolute atomic E-state index is 0.839. The van der Waals surface area contributed by atoms with Gasteiger partial charge in [-0.25, -0.2) is 0 Å². The molecule has 1 aliphatic rings. The standard InChI is InChI=1S/C16H28ClN3/c1-4-14-16(17)15(20(5-2)19-14)11-18-10-13-8-6-12(3)7-9-13/h12-13,18H,4-11H2,1-3H3. The Morgan fingerprint density at radius 3 is 2.55 bits per heavy atom. The lowest BCUT2D eigenvalue weighted by Gasteiger charge is -2.26. The van der Waals surface area contributed by atoms with E-state index < -0.39 is 0 Å². The van der Waals surface area contributed by atoms with Gasteiger partial charge in [-0.1, -0.05) is 38.3 Å². The fourth-order valence-electron chi connectivity index (χ4n) is 3.11. The van der Waals surface area contributed by atoms with Crippen LogP contribution in [0.4, 0.5) is 0 Å². The topological polar surface area (TPSA) is 29.9 Å². The first-order valence-corrected chi connectivity index (χ1v) is 8.48. The van der Waals surface area contributed by atoms with Crippen molar-refractivity contribution < 1.29 is 0 Å². The van der Waals surface area contributed by atoms with Gasteiger partial charge in [0.2, 0.25) is 0 Å². The van der Waals surface area contributed by atoms with Crippen molar-refractivity contribution >= 4 is 11.6 Å². The minimum atomic E-state index is 0.839. The molecular formula is C16H28ClN3. The van der Waals surface area contributed by atoms with Crippen LogP contribution in [0.25, 0.3) is 0 Å². The molecule has 0 spiro atoms. The van der Waals surface area contributed by atoms with E-state index in [1.54, 1.807) is 0 Å². The van der Waals surface area contributed by atoms with Crippen LogP contribution in [0.2, 0.25) is 5.02 Å². The second-order valence-electron chi connectivity index (χ2n) is 6.13. The van der Waals surface area contributed by atoms with Crippen LogP contribution in [0.5, 0.6) is 0 Å². The molecule has 0 amide bonds. The fourth-order valence-corrected chi connectivity index (χ4v) is 3.45. The molecule has 0 atom stereocenters. The van der Waals surface area contributed by atoms with Gasteiger partial charge in [0, 0.05) is 13.1 Å². The van der Waals surface area contributed by atoms with E-state index in [4.69, 9.17) is 11.6 Å². The zero-order valence-corrected chi connectivity index (χ0v) is 13.8. The lowest BCUT2D eigenvalue weighted by Crippen LogP contribution is -2.26. The van der Waals surface area contributed by atoms with Gasteiger partial charge in [0.05, 0.1) is 16.4 Å². The zero-order valence-electron chi connectivity index (χ0n) is 13.1. The Morgan fingerprint density at radius 2 is 1.95 bits per heavy atom. The minimum Gasteiger partial charge on any atom is -0.311 e. The Hall–Kier alpha value is -0.540. The second-order valence-corrected chi connectivity index (χ2v) is 6.51. The van der Waals surface area contributed by atoms with Gasteiger partial charge in [-0.05, 0) is 44.6 Å². The molecule has 1 fully saturated rings. The second kappa shape index (κ2) is 7.46. The molecule has 3 nitrogen and oxygen atoms in total. The number of rotatable bonds is 6. The van der Waals surface area contributed by atoms with Crippen LogP contribution in [0.15, 0.2) is 0 Å². The molecule has 2 rings (SSSR count). The average Bonchev–Trinajstić information content (AvgIpc) is 2.77. The van der Waals surface area contributed by atoms with E-state index in [9.17, 15) is 0 Å². The zero-order chi connectivity index (χ0) is 14.5. The Balaban J connectivity index is 1.86. The third-order valence-electron chi connectivity index (χ3n) is 4.56. The summed E-state index contributed by atoms with van der Waals surface area (Å²) in [4.78, 5) is 0. The molecule has 1 saturated carbocycles. The van der Waals surface area contributed by atoms with Gasteiger partial charge >= 0.3 is 0 Å². The van der Waals surface area contributed by atoms with Crippen LogP contribution < -0.4 is 5.32 Å². The number of aromatic nitrogens is 2. The molecule has 0 bridgehead atoms. The van der Waals surface area contributed by atoms with Crippen molar-refractivity contribution in [3.05, 3.63) is 16.4 Å². The van der Waals surface area contributed by atoms with Crippen molar-refractivity contribution in [3.8, 4) is 0 Å². The molecule has 0 aliphatic heterocycles. The van der Waals surface area contributed by atoms with Gasteiger partial charge in [0.1, 0.15) is 0 Å². The van der Waals surface area contributed by atoms with E-state index in [0.29, 0.717) is 0 Å². The molecule has 1 aliphatic carbocycles. The maximum absolute atomic E-state index is 6.43. The van der Waals surface area contributed by atoms with E-state index in [2.05, 4.69) is 31.2 Å². The van der Waals surface area contributed by atoms with Gasteiger partial charge in [0.15, 0.2) is 0 Å². The fraction of sp³-hybridized carbons (Fsp3) is 0.812. The molecule has 0 radical (unpaired) electrons. The van der Waals surface area contributed by atoms with Crippen molar-refractivity contribution in [2.75, 3.05) is 6.54 Å². The van der Waals surface area contributed by atoms with E-state index in [0.717, 1.165) is 54.3 Å². The molecule has 1 N–H and O–H groups in total. The third-order valence-corrected chi connectivity index (χ3v) is 4.99. The summed E-state index contributed by atoms with van der Waals surface area (Å²) in [5.74, 6) is 1.77. The number of hydrogen-bond donors (Lipinski definition) is 1. The summed E-state index contributed by atoms with van der Waals surface area (Å²) in [5, 5.41) is 9.02. The van der Waals surface area contributed by atoms with Gasteiger partial charge in [-0.15, -0.1) is 0 Å². The van der Waals surface area contributed by atoms with E-state index in [1.165, 1.54) is 25.7 Å². The number of nitrogens with one attached hydrogen (secondary N) is 1. The highest BCUT2D eigenvalue weighted by Crippen LogP contribution is 2.28. The normalized spacial score (nSPS) is 23.2. The third kappa shape index (κ3) is 3.76. The Bertz CT molecular complexity index is 420. The van der Waals surface area contributed by atoms with Crippen LogP contribution in [-0.4, -0.2) is 16.3 Å². The smallest absolute Gasteiger partial charge is 0.0863 e. The molecule has 1 aromatic heterocycles. The summed E-state index contributed by atoms with van der Waals surface area (Å²) in [6, 6.07) is 0. The summed E-state index contributed by atoms with van der Waals surface area (Å²) in [6.45, 7) is 9.43. The summed E-state index contributed by atoms with van der Waals surface area (Å²) in [7, 11) is 0. The number of halogens is 1. The van der Waals surface area contributed by atoms with E-state index in [-0.39, 0.29) is 0 Å². The van der Waals surface area contributed by atoms with E-state index in [1.807, 2.05) is 4.68 Å². The maximum Gasteiger partial charge on any atom is 0.0863 e. The van der Waals surface area contributed by atoms with Gasteiger partial charge in [-0.3, -0.25) is 4.68 Å². The van der Waals surface area contributed by atoms with Crippen molar-refractivity contribution in [1.29, 1.82) is 0 Å². The molecule has 0 saturated heterocycles. The molecule has 114 valence electrons. The number of aryl methyl sites for hydroxylation is 2. The highest BCUT2D eigenvalue weighted by Gasteiger charge is 2.19. The molecule has 4 heteroatoms. The van der Waals surface area contributed by atoms with Crippen molar-refractivity contribution in [3.63, 3.8) is 0 Å². The summed E-state index contributed by atoms with van der Waals surface area (Å²) >= 11 is 6.43.